The molecule has 1 aromatic heterocycles. The zero-order chi connectivity index (χ0) is 13.1. The van der Waals surface area contributed by atoms with Crippen LogP contribution in [0.25, 0.3) is 0 Å². The maximum absolute atomic E-state index is 11.3. The number of pyridine rings is 1. The van der Waals surface area contributed by atoms with E-state index in [9.17, 15) is 9.90 Å². The molecule has 0 aromatic carbocycles. The van der Waals surface area contributed by atoms with Crippen molar-refractivity contribution in [1.82, 2.24) is 9.88 Å². The van der Waals surface area contributed by atoms with E-state index >= 15 is 0 Å². The standard InChI is InChI=1S/C13H20N2O2/c1-5-15(13(3,4)12(16)17)10(2)11-6-8-14-9-7-11/h6-10H,5H2,1-4H3,(H,16,17). The third-order valence-corrected chi connectivity index (χ3v) is 3.24. The summed E-state index contributed by atoms with van der Waals surface area (Å²) >= 11 is 0. The fraction of sp³-hybridized carbons (Fsp3) is 0.538. The summed E-state index contributed by atoms with van der Waals surface area (Å²) in [7, 11) is 0. The molecule has 0 amide bonds. The first kappa shape index (κ1) is 13.6. The number of likely N-dealkylation sites (N-methyl/N-ethyl adjacent to an activating group) is 1. The number of carbonyl (C=O) groups is 1. The molecule has 0 saturated carbocycles. The Morgan fingerprint density at radius 1 is 1.47 bits per heavy atom. The van der Waals surface area contributed by atoms with E-state index in [-0.39, 0.29) is 6.04 Å². The maximum atomic E-state index is 11.3. The number of nitrogens with zero attached hydrogens (tertiary/aromatic N) is 2. The Hall–Kier alpha value is -1.42. The molecule has 0 aliphatic rings. The Kier molecular flexibility index (Phi) is 4.23. The highest BCUT2D eigenvalue weighted by Gasteiger charge is 2.36. The third-order valence-electron chi connectivity index (χ3n) is 3.24. The summed E-state index contributed by atoms with van der Waals surface area (Å²) in [5, 5.41) is 9.28. The minimum atomic E-state index is -0.878. The third kappa shape index (κ3) is 2.82. The van der Waals surface area contributed by atoms with Gasteiger partial charge in [-0.3, -0.25) is 14.7 Å². The van der Waals surface area contributed by atoms with Crippen LogP contribution < -0.4 is 0 Å². The number of hydrogen-bond donors (Lipinski definition) is 1. The summed E-state index contributed by atoms with van der Waals surface area (Å²) < 4.78 is 0. The minimum absolute atomic E-state index is 0.0501. The number of carboxylic acids is 1. The van der Waals surface area contributed by atoms with Crippen LogP contribution in [0.2, 0.25) is 0 Å². The summed E-state index contributed by atoms with van der Waals surface area (Å²) in [4.78, 5) is 17.2. The molecule has 94 valence electrons. The lowest BCUT2D eigenvalue weighted by molar-refractivity contribution is -0.150. The second kappa shape index (κ2) is 5.27. The summed E-state index contributed by atoms with van der Waals surface area (Å²) in [6, 6.07) is 3.89. The van der Waals surface area contributed by atoms with Crippen molar-refractivity contribution in [2.75, 3.05) is 6.54 Å². The van der Waals surface area contributed by atoms with Gasteiger partial charge in [-0.2, -0.15) is 0 Å². The van der Waals surface area contributed by atoms with Crippen LogP contribution in [0.1, 0.15) is 39.3 Å². The van der Waals surface area contributed by atoms with Gasteiger partial charge in [-0.15, -0.1) is 0 Å². The Labute approximate surface area is 102 Å². The van der Waals surface area contributed by atoms with Gasteiger partial charge in [-0.1, -0.05) is 6.92 Å². The number of aromatic nitrogens is 1. The van der Waals surface area contributed by atoms with Gasteiger partial charge in [-0.25, -0.2) is 0 Å². The molecule has 1 N–H and O–H groups in total. The first-order valence-corrected chi connectivity index (χ1v) is 5.81. The summed E-state index contributed by atoms with van der Waals surface area (Å²) in [5.41, 5.74) is 0.202. The van der Waals surface area contributed by atoms with Crippen LogP contribution in [0.4, 0.5) is 0 Å². The first-order chi connectivity index (χ1) is 7.91. The maximum Gasteiger partial charge on any atom is 0.323 e. The molecule has 0 radical (unpaired) electrons. The second-order valence-corrected chi connectivity index (χ2v) is 4.61. The van der Waals surface area contributed by atoms with Crippen molar-refractivity contribution in [3.63, 3.8) is 0 Å². The SMILES string of the molecule is CCN(C(C)c1ccncc1)C(C)(C)C(=O)O. The van der Waals surface area contributed by atoms with Crippen molar-refractivity contribution in [2.45, 2.75) is 39.3 Å². The molecule has 0 saturated heterocycles. The minimum Gasteiger partial charge on any atom is -0.480 e. The Bertz CT molecular complexity index is 376. The molecule has 17 heavy (non-hydrogen) atoms. The topological polar surface area (TPSA) is 53.4 Å². The molecule has 0 aliphatic heterocycles. The molecule has 0 spiro atoms. The van der Waals surface area contributed by atoms with Crippen molar-refractivity contribution in [2.24, 2.45) is 0 Å². The zero-order valence-electron chi connectivity index (χ0n) is 10.8. The van der Waals surface area contributed by atoms with Gasteiger partial charge in [0.2, 0.25) is 0 Å². The highest BCUT2D eigenvalue weighted by molar-refractivity contribution is 5.77. The van der Waals surface area contributed by atoms with Gasteiger partial charge in [0.25, 0.3) is 0 Å². The highest BCUT2D eigenvalue weighted by atomic mass is 16.4. The lowest BCUT2D eigenvalue weighted by atomic mass is 9.98. The van der Waals surface area contributed by atoms with Gasteiger partial charge in [0.1, 0.15) is 5.54 Å². The molecular weight excluding hydrogens is 216 g/mol. The van der Waals surface area contributed by atoms with Gasteiger partial charge < -0.3 is 5.11 Å². The Balaban J connectivity index is 3.00. The van der Waals surface area contributed by atoms with E-state index in [0.29, 0.717) is 6.54 Å². The van der Waals surface area contributed by atoms with Crippen molar-refractivity contribution >= 4 is 5.97 Å². The highest BCUT2D eigenvalue weighted by Crippen LogP contribution is 2.27. The van der Waals surface area contributed by atoms with Gasteiger partial charge in [-0.05, 0) is 45.0 Å². The fourth-order valence-electron chi connectivity index (χ4n) is 2.10. The van der Waals surface area contributed by atoms with Crippen LogP contribution in [0.3, 0.4) is 0 Å². The quantitative estimate of drug-likeness (QED) is 0.852. The predicted octanol–water partition coefficient (Wildman–Crippen LogP) is 2.33. The van der Waals surface area contributed by atoms with Gasteiger partial charge in [0.05, 0.1) is 0 Å². The summed E-state index contributed by atoms with van der Waals surface area (Å²) in [5.74, 6) is -0.805. The average Bonchev–Trinajstić information content (AvgIpc) is 2.30. The Morgan fingerprint density at radius 3 is 2.41 bits per heavy atom. The van der Waals surface area contributed by atoms with E-state index in [1.807, 2.05) is 30.9 Å². The van der Waals surface area contributed by atoms with Crippen LogP contribution >= 0.6 is 0 Å². The average molecular weight is 236 g/mol. The molecule has 0 fully saturated rings. The van der Waals surface area contributed by atoms with Crippen molar-refractivity contribution in [3.05, 3.63) is 30.1 Å². The van der Waals surface area contributed by atoms with Gasteiger partial charge >= 0.3 is 5.97 Å². The van der Waals surface area contributed by atoms with E-state index in [0.717, 1.165) is 5.56 Å². The van der Waals surface area contributed by atoms with Crippen molar-refractivity contribution in [1.29, 1.82) is 0 Å². The predicted molar refractivity (Wildman–Crippen MR) is 66.7 cm³/mol. The van der Waals surface area contributed by atoms with Crippen LogP contribution in [0, 0.1) is 0 Å². The number of rotatable bonds is 5. The number of hydrogen-bond acceptors (Lipinski definition) is 3. The molecule has 0 aliphatic carbocycles. The normalized spacial score (nSPS) is 13.7. The van der Waals surface area contributed by atoms with Crippen molar-refractivity contribution < 1.29 is 9.90 Å². The molecule has 1 atom stereocenters. The van der Waals surface area contributed by atoms with Crippen LogP contribution in [-0.2, 0) is 4.79 Å². The lowest BCUT2D eigenvalue weighted by Crippen LogP contribution is -2.50. The van der Waals surface area contributed by atoms with E-state index in [1.165, 1.54) is 0 Å². The largest absolute Gasteiger partial charge is 0.480 e. The molecule has 1 rings (SSSR count). The van der Waals surface area contributed by atoms with Gasteiger partial charge in [0.15, 0.2) is 0 Å². The van der Waals surface area contributed by atoms with E-state index in [1.54, 1.807) is 26.2 Å². The molecule has 4 nitrogen and oxygen atoms in total. The molecule has 1 aromatic rings. The lowest BCUT2D eigenvalue weighted by Gasteiger charge is -2.39. The van der Waals surface area contributed by atoms with Crippen LogP contribution in [-0.4, -0.2) is 33.0 Å². The zero-order valence-corrected chi connectivity index (χ0v) is 10.8. The molecule has 1 unspecified atom stereocenters. The molecular formula is C13H20N2O2. The van der Waals surface area contributed by atoms with Crippen LogP contribution in [0.15, 0.2) is 24.5 Å². The van der Waals surface area contributed by atoms with Gasteiger partial charge in [0, 0.05) is 18.4 Å². The fourth-order valence-corrected chi connectivity index (χ4v) is 2.10. The molecule has 4 heteroatoms. The van der Waals surface area contributed by atoms with E-state index in [4.69, 9.17) is 0 Å². The monoisotopic (exact) mass is 236 g/mol. The number of aliphatic carboxylic acids is 1. The second-order valence-electron chi connectivity index (χ2n) is 4.61. The summed E-state index contributed by atoms with van der Waals surface area (Å²) in [6.07, 6.45) is 3.46. The van der Waals surface area contributed by atoms with Crippen LogP contribution in [0.5, 0.6) is 0 Å². The first-order valence-electron chi connectivity index (χ1n) is 5.81. The molecule has 0 bridgehead atoms. The summed E-state index contributed by atoms with van der Waals surface area (Å²) in [6.45, 7) is 8.14. The Morgan fingerprint density at radius 2 is 2.00 bits per heavy atom. The molecule has 1 heterocycles. The van der Waals surface area contributed by atoms with Crippen molar-refractivity contribution in [3.8, 4) is 0 Å². The van der Waals surface area contributed by atoms with E-state index in [2.05, 4.69) is 4.98 Å². The smallest absolute Gasteiger partial charge is 0.323 e. The van der Waals surface area contributed by atoms with E-state index < -0.39 is 11.5 Å². The number of carboxylic acid groups (broad SMARTS) is 1.